The van der Waals surface area contributed by atoms with Gasteiger partial charge in [0.2, 0.25) is 0 Å². The van der Waals surface area contributed by atoms with Gasteiger partial charge in [-0.05, 0) is 43.1 Å². The Balaban J connectivity index is 3.00. The fourth-order valence-electron chi connectivity index (χ4n) is 2.09. The molecule has 0 fully saturated rings. The van der Waals surface area contributed by atoms with Crippen LogP contribution in [0, 0.1) is 0 Å². The molecular formula is C12H13N2O4S-. The molecule has 0 amide bonds. The van der Waals surface area contributed by atoms with E-state index < -0.39 is 16.6 Å². The van der Waals surface area contributed by atoms with Crippen molar-refractivity contribution in [3.63, 3.8) is 0 Å². The van der Waals surface area contributed by atoms with Gasteiger partial charge in [-0.2, -0.15) is 0 Å². The van der Waals surface area contributed by atoms with Crippen molar-refractivity contribution in [3.05, 3.63) is 39.0 Å². The molecule has 0 radical (unpaired) electrons. The Hall–Kier alpha value is -1.73. The first-order valence-electron chi connectivity index (χ1n) is 5.87. The van der Waals surface area contributed by atoms with Crippen LogP contribution in [0.3, 0.4) is 0 Å². The second-order valence-electron chi connectivity index (χ2n) is 3.99. The van der Waals surface area contributed by atoms with E-state index in [-0.39, 0.29) is 22.5 Å². The summed E-state index contributed by atoms with van der Waals surface area (Å²) in [5, 5.41) is 0.241. The largest absolute Gasteiger partial charge is 0.768 e. The van der Waals surface area contributed by atoms with Crippen LogP contribution in [0.25, 0.3) is 10.9 Å². The molecule has 0 aliphatic carbocycles. The SMILES string of the molecule is CCn1c(=O)c2cc(S(=O)[O-])ccc2n(CC)c1=O. The molecule has 1 aromatic carbocycles. The van der Waals surface area contributed by atoms with Gasteiger partial charge in [-0.15, -0.1) is 0 Å². The van der Waals surface area contributed by atoms with E-state index in [2.05, 4.69) is 0 Å². The van der Waals surface area contributed by atoms with Crippen molar-refractivity contribution in [3.8, 4) is 0 Å². The Morgan fingerprint density at radius 3 is 2.32 bits per heavy atom. The van der Waals surface area contributed by atoms with Crippen molar-refractivity contribution in [1.29, 1.82) is 0 Å². The zero-order chi connectivity index (χ0) is 14.2. The first-order chi connectivity index (χ1) is 9.01. The first-order valence-corrected chi connectivity index (χ1v) is 6.95. The molecule has 7 heteroatoms. The predicted octanol–water partition coefficient (Wildman–Crippen LogP) is 0.441. The van der Waals surface area contributed by atoms with Crippen LogP contribution < -0.4 is 11.2 Å². The number of nitrogens with zero attached hydrogens (tertiary/aromatic N) is 2. The molecule has 19 heavy (non-hydrogen) atoms. The smallest absolute Gasteiger partial charge is 0.331 e. The molecule has 1 heterocycles. The van der Waals surface area contributed by atoms with Crippen LogP contribution in [0.2, 0.25) is 0 Å². The number of benzene rings is 1. The molecule has 0 spiro atoms. The van der Waals surface area contributed by atoms with E-state index in [1.807, 2.05) is 0 Å². The van der Waals surface area contributed by atoms with Gasteiger partial charge in [-0.3, -0.25) is 18.1 Å². The molecule has 1 aromatic heterocycles. The maximum atomic E-state index is 12.2. The molecule has 2 rings (SSSR count). The monoisotopic (exact) mass is 281 g/mol. The normalized spacial score (nSPS) is 12.8. The second kappa shape index (κ2) is 5.10. The van der Waals surface area contributed by atoms with Crippen LogP contribution in [0.15, 0.2) is 32.7 Å². The van der Waals surface area contributed by atoms with Gasteiger partial charge < -0.3 is 4.55 Å². The Labute approximate surface area is 111 Å². The van der Waals surface area contributed by atoms with Crippen molar-refractivity contribution < 1.29 is 8.76 Å². The topological polar surface area (TPSA) is 84.1 Å². The summed E-state index contributed by atoms with van der Waals surface area (Å²) in [5.74, 6) is 0. The summed E-state index contributed by atoms with van der Waals surface area (Å²) in [6.45, 7) is 4.16. The summed E-state index contributed by atoms with van der Waals surface area (Å²) in [6.07, 6.45) is 0. The fraction of sp³-hybridized carbons (Fsp3) is 0.333. The van der Waals surface area contributed by atoms with Gasteiger partial charge in [-0.25, -0.2) is 4.79 Å². The Morgan fingerprint density at radius 1 is 1.16 bits per heavy atom. The highest BCUT2D eigenvalue weighted by Gasteiger charge is 2.11. The Bertz CT molecular complexity index is 776. The first kappa shape index (κ1) is 13.7. The third-order valence-electron chi connectivity index (χ3n) is 3.02. The maximum absolute atomic E-state index is 12.2. The minimum atomic E-state index is -2.40. The standard InChI is InChI=1S/C12H14N2O4S/c1-3-13-10-6-5-8(19(17)18)7-9(10)11(15)14(4-2)12(13)16/h5-7H,3-4H2,1-2H3,(H,17,18)/p-1. The summed E-state index contributed by atoms with van der Waals surface area (Å²) in [7, 11) is 0. The fourth-order valence-corrected chi connectivity index (χ4v) is 2.48. The third-order valence-corrected chi connectivity index (χ3v) is 3.66. The van der Waals surface area contributed by atoms with Gasteiger partial charge in [0.1, 0.15) is 0 Å². The van der Waals surface area contributed by atoms with E-state index in [1.54, 1.807) is 13.8 Å². The zero-order valence-corrected chi connectivity index (χ0v) is 11.4. The quantitative estimate of drug-likeness (QED) is 0.764. The van der Waals surface area contributed by atoms with Gasteiger partial charge in [0.25, 0.3) is 5.56 Å². The molecule has 1 atom stereocenters. The molecule has 0 N–H and O–H groups in total. The van der Waals surface area contributed by atoms with E-state index in [1.165, 1.54) is 22.8 Å². The van der Waals surface area contributed by atoms with Crippen molar-refractivity contribution in [2.45, 2.75) is 31.8 Å². The molecule has 0 saturated carbocycles. The predicted molar refractivity (Wildman–Crippen MR) is 71.0 cm³/mol. The minimum absolute atomic E-state index is 0.0357. The van der Waals surface area contributed by atoms with E-state index in [4.69, 9.17) is 0 Å². The summed E-state index contributed by atoms with van der Waals surface area (Å²) in [4.78, 5) is 24.3. The van der Waals surface area contributed by atoms with Crippen molar-refractivity contribution in [1.82, 2.24) is 9.13 Å². The lowest BCUT2D eigenvalue weighted by molar-refractivity contribution is 0.537. The number of aryl methyl sites for hydroxylation is 1. The average molecular weight is 281 g/mol. The van der Waals surface area contributed by atoms with E-state index in [0.29, 0.717) is 12.1 Å². The lowest BCUT2D eigenvalue weighted by Crippen LogP contribution is -2.39. The molecule has 0 aliphatic rings. The highest BCUT2D eigenvalue weighted by molar-refractivity contribution is 7.79. The van der Waals surface area contributed by atoms with Gasteiger partial charge in [-0.1, -0.05) is 0 Å². The van der Waals surface area contributed by atoms with Gasteiger partial charge in [0.15, 0.2) is 0 Å². The van der Waals surface area contributed by atoms with Gasteiger partial charge >= 0.3 is 5.69 Å². The average Bonchev–Trinajstić information content (AvgIpc) is 2.39. The van der Waals surface area contributed by atoms with Crippen LogP contribution >= 0.6 is 0 Å². The van der Waals surface area contributed by atoms with Crippen LogP contribution in [0.1, 0.15) is 13.8 Å². The maximum Gasteiger partial charge on any atom is 0.331 e. The highest BCUT2D eigenvalue weighted by atomic mass is 32.2. The van der Waals surface area contributed by atoms with Crippen molar-refractivity contribution in [2.24, 2.45) is 0 Å². The zero-order valence-electron chi connectivity index (χ0n) is 10.6. The number of hydrogen-bond donors (Lipinski definition) is 0. The molecule has 6 nitrogen and oxygen atoms in total. The number of rotatable bonds is 3. The summed E-state index contributed by atoms with van der Waals surface area (Å²) in [5.41, 5.74) is -0.380. The molecule has 1 unspecified atom stereocenters. The molecule has 2 aromatic rings. The summed E-state index contributed by atoms with van der Waals surface area (Å²) >= 11 is -2.40. The summed E-state index contributed by atoms with van der Waals surface area (Å²) < 4.78 is 24.5. The van der Waals surface area contributed by atoms with Crippen molar-refractivity contribution >= 4 is 22.0 Å². The number of aromatic nitrogens is 2. The van der Waals surface area contributed by atoms with Crippen LogP contribution in [-0.2, 0) is 24.2 Å². The Morgan fingerprint density at radius 2 is 1.79 bits per heavy atom. The molecule has 0 bridgehead atoms. The van der Waals surface area contributed by atoms with Crippen LogP contribution in [0.4, 0.5) is 0 Å². The van der Waals surface area contributed by atoms with Crippen molar-refractivity contribution in [2.75, 3.05) is 0 Å². The lowest BCUT2D eigenvalue weighted by Gasteiger charge is -2.13. The molecular weight excluding hydrogens is 268 g/mol. The van der Waals surface area contributed by atoms with Crippen LogP contribution in [0.5, 0.6) is 0 Å². The van der Waals surface area contributed by atoms with Gasteiger partial charge in [0, 0.05) is 18.0 Å². The second-order valence-corrected chi connectivity index (χ2v) is 4.93. The highest BCUT2D eigenvalue weighted by Crippen LogP contribution is 2.13. The van der Waals surface area contributed by atoms with E-state index >= 15 is 0 Å². The molecule has 102 valence electrons. The molecule has 0 aliphatic heterocycles. The number of hydrogen-bond acceptors (Lipinski definition) is 4. The van der Waals surface area contributed by atoms with E-state index in [9.17, 15) is 18.4 Å². The molecule has 0 saturated heterocycles. The number of fused-ring (bicyclic) bond motifs is 1. The minimum Gasteiger partial charge on any atom is -0.768 e. The van der Waals surface area contributed by atoms with Crippen LogP contribution in [-0.4, -0.2) is 17.9 Å². The lowest BCUT2D eigenvalue weighted by atomic mass is 10.2. The Kier molecular flexibility index (Phi) is 3.68. The van der Waals surface area contributed by atoms with Gasteiger partial charge in [0.05, 0.1) is 10.9 Å². The summed E-state index contributed by atoms with van der Waals surface area (Å²) in [6, 6.07) is 4.18. The van der Waals surface area contributed by atoms with E-state index in [0.717, 1.165) is 4.57 Å². The third kappa shape index (κ3) is 2.15.